The Kier molecular flexibility index (Phi) is 6.79. The van der Waals surface area contributed by atoms with E-state index in [1.165, 1.54) is 31.2 Å². The highest BCUT2D eigenvalue weighted by Crippen LogP contribution is 2.22. The van der Waals surface area contributed by atoms with Crippen molar-refractivity contribution >= 4 is 17.4 Å². The Morgan fingerprint density at radius 1 is 1.29 bits per heavy atom. The molecule has 152 valence electrons. The van der Waals surface area contributed by atoms with Gasteiger partial charge in [0.25, 0.3) is 12.3 Å². The highest BCUT2D eigenvalue weighted by molar-refractivity contribution is 6.03. The van der Waals surface area contributed by atoms with E-state index in [0.29, 0.717) is 17.3 Å². The number of benzene rings is 1. The van der Waals surface area contributed by atoms with Gasteiger partial charge in [0.15, 0.2) is 11.6 Å². The van der Waals surface area contributed by atoms with Gasteiger partial charge in [-0.1, -0.05) is 0 Å². The van der Waals surface area contributed by atoms with E-state index in [4.69, 9.17) is 14.9 Å². The Morgan fingerprint density at radius 3 is 2.39 bits per heavy atom. The first-order valence-corrected chi connectivity index (χ1v) is 8.32. The lowest BCUT2D eigenvalue weighted by Crippen LogP contribution is -2.44. The average molecular weight is 398 g/mol. The highest BCUT2D eigenvalue weighted by atomic mass is 19.3. The number of rotatable bonds is 3. The van der Waals surface area contributed by atoms with Crippen LogP contribution in [0.5, 0.6) is 0 Å². The van der Waals surface area contributed by atoms with Crippen LogP contribution in [0.15, 0.2) is 33.7 Å². The van der Waals surface area contributed by atoms with E-state index >= 15 is 0 Å². The molecule has 7 nitrogen and oxygen atoms in total. The van der Waals surface area contributed by atoms with Crippen molar-refractivity contribution < 1.29 is 27.1 Å². The molecule has 1 atom stereocenters. The van der Waals surface area contributed by atoms with Gasteiger partial charge in [-0.25, -0.2) is 18.2 Å². The van der Waals surface area contributed by atoms with Crippen LogP contribution >= 0.6 is 0 Å². The molecule has 0 bridgehead atoms. The Labute approximate surface area is 159 Å². The Balaban J connectivity index is 0.000000221. The van der Waals surface area contributed by atoms with Crippen molar-refractivity contribution in [1.29, 1.82) is 0 Å². The highest BCUT2D eigenvalue weighted by Gasteiger charge is 2.37. The molecule has 3 N–H and O–H groups in total. The quantitative estimate of drug-likeness (QED) is 0.827. The molecule has 1 aliphatic heterocycles. The van der Waals surface area contributed by atoms with Crippen molar-refractivity contribution in [3.05, 3.63) is 47.4 Å². The number of hydrogen-bond donors (Lipinski definition) is 2. The minimum atomic E-state index is -2.53. The minimum Gasteiger partial charge on any atom is -0.445 e. The maximum Gasteiger partial charge on any atom is 0.277 e. The van der Waals surface area contributed by atoms with Crippen LogP contribution in [-0.4, -0.2) is 41.9 Å². The number of carbonyl (C=O) groups excluding carboxylic acids is 1. The number of carbonyl (C=O) groups is 1. The van der Waals surface area contributed by atoms with Crippen LogP contribution in [0.25, 0.3) is 0 Å². The third-order valence-electron chi connectivity index (χ3n) is 3.73. The molecule has 0 spiro atoms. The fourth-order valence-corrected chi connectivity index (χ4v) is 2.33. The third kappa shape index (κ3) is 5.56. The smallest absolute Gasteiger partial charge is 0.277 e. The van der Waals surface area contributed by atoms with Crippen molar-refractivity contribution in [1.82, 2.24) is 4.98 Å². The van der Waals surface area contributed by atoms with Crippen LogP contribution in [-0.2, 0) is 4.74 Å². The molecule has 28 heavy (non-hydrogen) atoms. The molecular formula is C18H21F3N4O3. The SMILES string of the molecule is C[C@]1(C(F)F)COCC(N)=N1.Cc1nc(C(=O)Nc2ccc(F)cc2)c(C)o1. The molecular weight excluding hydrogens is 377 g/mol. The van der Waals surface area contributed by atoms with Gasteiger partial charge in [-0.2, -0.15) is 0 Å². The summed E-state index contributed by atoms with van der Waals surface area (Å²) < 4.78 is 47.1. The molecule has 0 radical (unpaired) electrons. The molecule has 1 aromatic heterocycles. The van der Waals surface area contributed by atoms with Crippen LogP contribution in [0.2, 0.25) is 0 Å². The normalized spacial score (nSPS) is 18.9. The van der Waals surface area contributed by atoms with Crippen molar-refractivity contribution in [3.8, 4) is 0 Å². The topological polar surface area (TPSA) is 103 Å². The van der Waals surface area contributed by atoms with Crippen LogP contribution in [0.3, 0.4) is 0 Å². The van der Waals surface area contributed by atoms with Crippen molar-refractivity contribution in [3.63, 3.8) is 0 Å². The zero-order valence-corrected chi connectivity index (χ0v) is 15.6. The maximum atomic E-state index is 12.7. The van der Waals surface area contributed by atoms with E-state index in [-0.39, 0.29) is 36.5 Å². The largest absolute Gasteiger partial charge is 0.445 e. The van der Waals surface area contributed by atoms with Gasteiger partial charge in [0.1, 0.15) is 29.6 Å². The summed E-state index contributed by atoms with van der Waals surface area (Å²) in [6.45, 7) is 4.75. The number of aryl methyl sites for hydroxylation is 2. The number of hydrogen-bond acceptors (Lipinski definition) is 6. The number of anilines is 1. The van der Waals surface area contributed by atoms with Gasteiger partial charge in [-0.3, -0.25) is 9.79 Å². The van der Waals surface area contributed by atoms with E-state index in [2.05, 4.69) is 15.3 Å². The van der Waals surface area contributed by atoms with Crippen LogP contribution in [0.1, 0.15) is 29.1 Å². The van der Waals surface area contributed by atoms with E-state index in [1.54, 1.807) is 13.8 Å². The molecule has 0 unspecified atom stereocenters. The first-order chi connectivity index (χ1) is 13.1. The summed E-state index contributed by atoms with van der Waals surface area (Å²) in [5.41, 5.74) is 4.55. The molecule has 1 amide bonds. The number of alkyl halides is 2. The van der Waals surface area contributed by atoms with Gasteiger partial charge in [0, 0.05) is 12.6 Å². The summed E-state index contributed by atoms with van der Waals surface area (Å²) in [5, 5.41) is 2.61. The van der Waals surface area contributed by atoms with Gasteiger partial charge in [0.2, 0.25) is 0 Å². The van der Waals surface area contributed by atoms with Gasteiger partial charge in [-0.15, -0.1) is 0 Å². The first kappa shape index (κ1) is 21.4. The zero-order valence-electron chi connectivity index (χ0n) is 15.6. The van der Waals surface area contributed by atoms with Crippen molar-refractivity contribution in [2.45, 2.75) is 32.7 Å². The van der Waals surface area contributed by atoms with Gasteiger partial charge in [0.05, 0.1) is 6.61 Å². The summed E-state index contributed by atoms with van der Waals surface area (Å²) >= 11 is 0. The second-order valence-corrected chi connectivity index (χ2v) is 6.35. The number of oxazole rings is 1. The second-order valence-electron chi connectivity index (χ2n) is 6.35. The second kappa shape index (κ2) is 8.87. The Morgan fingerprint density at radius 2 is 1.93 bits per heavy atom. The van der Waals surface area contributed by atoms with Gasteiger partial charge in [-0.05, 0) is 38.1 Å². The van der Waals surface area contributed by atoms with E-state index in [0.717, 1.165) is 0 Å². The molecule has 10 heteroatoms. The number of amidine groups is 1. The predicted molar refractivity (Wildman–Crippen MR) is 97.2 cm³/mol. The number of nitrogens with one attached hydrogen (secondary N) is 1. The predicted octanol–water partition coefficient (Wildman–Crippen LogP) is 3.08. The average Bonchev–Trinajstić information content (AvgIpc) is 2.96. The number of aromatic nitrogens is 1. The van der Waals surface area contributed by atoms with Crippen molar-refractivity contribution in [2.24, 2.45) is 10.7 Å². The van der Waals surface area contributed by atoms with E-state index in [9.17, 15) is 18.0 Å². The van der Waals surface area contributed by atoms with Gasteiger partial charge >= 0.3 is 0 Å². The standard InChI is InChI=1S/C12H11FN2O2.C6H10F2N2O/c1-7-11(14-8(2)17-7)12(16)15-10-5-3-9(13)4-6-10;1-6(5(7)8)3-11-2-4(9)10-6/h3-6H,1-2H3,(H,15,16);5H,2-3H2,1H3,(H2,9,10)/t;6-/m.1/s1. The van der Waals surface area contributed by atoms with Crippen molar-refractivity contribution in [2.75, 3.05) is 18.5 Å². The molecule has 2 heterocycles. The molecule has 1 aromatic carbocycles. The third-order valence-corrected chi connectivity index (χ3v) is 3.73. The summed E-state index contributed by atoms with van der Waals surface area (Å²) in [4.78, 5) is 19.4. The molecule has 0 fully saturated rings. The van der Waals surface area contributed by atoms with Crippen LogP contribution in [0.4, 0.5) is 18.9 Å². The monoisotopic (exact) mass is 398 g/mol. The Bertz CT molecular complexity index is 852. The molecule has 0 saturated heterocycles. The molecule has 1 aliphatic rings. The van der Waals surface area contributed by atoms with Gasteiger partial charge < -0.3 is 20.2 Å². The maximum absolute atomic E-state index is 12.7. The molecule has 0 saturated carbocycles. The lowest BCUT2D eigenvalue weighted by atomic mass is 10.1. The number of ether oxygens (including phenoxy) is 1. The van der Waals surface area contributed by atoms with E-state index < -0.39 is 12.0 Å². The fraction of sp³-hybridized carbons (Fsp3) is 0.389. The lowest BCUT2D eigenvalue weighted by molar-refractivity contribution is -0.000601. The zero-order chi connectivity index (χ0) is 20.9. The number of nitrogens with zero attached hydrogens (tertiary/aromatic N) is 2. The number of aliphatic imine (C=N–C) groups is 1. The molecule has 2 aromatic rings. The fourth-order valence-electron chi connectivity index (χ4n) is 2.33. The van der Waals surface area contributed by atoms with E-state index in [1.807, 2.05) is 0 Å². The molecule has 3 rings (SSSR count). The summed E-state index contributed by atoms with van der Waals surface area (Å²) in [6.07, 6.45) is -2.53. The Hall–Kier alpha value is -2.88. The summed E-state index contributed by atoms with van der Waals surface area (Å²) in [7, 11) is 0. The summed E-state index contributed by atoms with van der Waals surface area (Å²) in [6, 6.07) is 5.51. The number of amides is 1. The summed E-state index contributed by atoms with van der Waals surface area (Å²) in [5.74, 6) is 0.315. The number of halogens is 3. The van der Waals surface area contributed by atoms with Crippen LogP contribution < -0.4 is 11.1 Å². The van der Waals surface area contributed by atoms with Crippen LogP contribution in [0, 0.1) is 19.7 Å². The molecule has 0 aliphatic carbocycles. The number of nitrogens with two attached hydrogens (primary N) is 1. The minimum absolute atomic E-state index is 0.0641. The lowest BCUT2D eigenvalue weighted by Gasteiger charge is -2.28. The first-order valence-electron chi connectivity index (χ1n) is 8.32.